The third-order valence-corrected chi connectivity index (χ3v) is 5.19. The summed E-state index contributed by atoms with van der Waals surface area (Å²) in [4.78, 5) is 9.72. The molecule has 2 heterocycles. The third kappa shape index (κ3) is 3.82. The van der Waals surface area contributed by atoms with Gasteiger partial charge in [-0.05, 0) is 38.7 Å². The lowest BCUT2D eigenvalue weighted by atomic mass is 9.98. The van der Waals surface area contributed by atoms with Crippen molar-refractivity contribution < 1.29 is 9.94 Å². The van der Waals surface area contributed by atoms with E-state index in [1.807, 2.05) is 6.92 Å². The summed E-state index contributed by atoms with van der Waals surface area (Å²) >= 11 is 7.40. The number of thiophene rings is 1. The van der Waals surface area contributed by atoms with E-state index in [0.717, 1.165) is 29.2 Å². The second-order valence-corrected chi connectivity index (χ2v) is 7.28. The minimum Gasteiger partial charge on any atom is -0.487 e. The zero-order valence-corrected chi connectivity index (χ0v) is 14.4. The standard InChI is InChI=1S/C16H18ClN3O2S/c1-10-13(22-12-5-3-2-4-6-12)9-18-16(20-10)15-11(8-19-21)7-14(17)23-15/h7-9,12,21H,2-6H2,1H3/b19-8+. The van der Waals surface area contributed by atoms with Crippen molar-refractivity contribution in [2.45, 2.75) is 45.1 Å². The molecule has 1 aliphatic rings. The number of nitrogens with zero attached hydrogens (tertiary/aromatic N) is 3. The average Bonchev–Trinajstić information content (AvgIpc) is 2.91. The molecule has 3 rings (SSSR count). The Kier molecular flexibility index (Phi) is 5.13. The van der Waals surface area contributed by atoms with Gasteiger partial charge in [0.1, 0.15) is 0 Å². The van der Waals surface area contributed by atoms with Crippen LogP contribution in [-0.2, 0) is 0 Å². The maximum atomic E-state index is 8.75. The van der Waals surface area contributed by atoms with Crippen molar-refractivity contribution in [3.05, 3.63) is 27.9 Å². The lowest BCUT2D eigenvalue weighted by molar-refractivity contribution is 0.152. The van der Waals surface area contributed by atoms with Crippen LogP contribution in [0.2, 0.25) is 4.34 Å². The zero-order valence-electron chi connectivity index (χ0n) is 12.8. The van der Waals surface area contributed by atoms with E-state index < -0.39 is 0 Å². The molecule has 0 saturated heterocycles. The van der Waals surface area contributed by atoms with E-state index in [1.165, 1.54) is 36.8 Å². The summed E-state index contributed by atoms with van der Waals surface area (Å²) in [5.41, 5.74) is 1.50. The first-order chi connectivity index (χ1) is 11.2. The Labute approximate surface area is 144 Å². The predicted molar refractivity (Wildman–Crippen MR) is 92.0 cm³/mol. The summed E-state index contributed by atoms with van der Waals surface area (Å²) in [5.74, 6) is 1.30. The van der Waals surface area contributed by atoms with Crippen molar-refractivity contribution in [2.24, 2.45) is 5.16 Å². The molecule has 7 heteroatoms. The van der Waals surface area contributed by atoms with Crippen LogP contribution in [0.5, 0.6) is 5.75 Å². The quantitative estimate of drug-likeness (QED) is 0.493. The minimum absolute atomic E-state index is 0.269. The molecule has 0 spiro atoms. The molecule has 0 bridgehead atoms. The second-order valence-electron chi connectivity index (χ2n) is 5.60. The van der Waals surface area contributed by atoms with Gasteiger partial charge in [-0.25, -0.2) is 9.97 Å². The lowest BCUT2D eigenvalue weighted by Crippen LogP contribution is -2.20. The fraction of sp³-hybridized carbons (Fsp3) is 0.438. The molecule has 0 atom stereocenters. The van der Waals surface area contributed by atoms with E-state index in [9.17, 15) is 0 Å². The zero-order chi connectivity index (χ0) is 16.2. The maximum Gasteiger partial charge on any atom is 0.170 e. The van der Waals surface area contributed by atoms with Gasteiger partial charge in [0.25, 0.3) is 0 Å². The van der Waals surface area contributed by atoms with Crippen molar-refractivity contribution in [1.29, 1.82) is 0 Å². The van der Waals surface area contributed by atoms with E-state index in [4.69, 9.17) is 21.5 Å². The Bertz CT molecular complexity index is 711. The Balaban J connectivity index is 1.84. The summed E-state index contributed by atoms with van der Waals surface area (Å²) < 4.78 is 6.64. The molecule has 0 unspecified atom stereocenters. The first kappa shape index (κ1) is 16.2. The molecule has 5 nitrogen and oxygen atoms in total. The molecule has 1 fully saturated rings. The summed E-state index contributed by atoms with van der Waals surface area (Å²) in [6.45, 7) is 1.92. The summed E-state index contributed by atoms with van der Waals surface area (Å²) in [6.07, 6.45) is 9.26. The van der Waals surface area contributed by atoms with Gasteiger partial charge in [-0.3, -0.25) is 0 Å². The van der Waals surface area contributed by atoms with E-state index in [-0.39, 0.29) is 6.10 Å². The third-order valence-electron chi connectivity index (χ3n) is 3.91. The molecule has 1 N–H and O–H groups in total. The average molecular weight is 352 g/mol. The number of hydrogen-bond donors (Lipinski definition) is 1. The maximum absolute atomic E-state index is 8.75. The van der Waals surface area contributed by atoms with E-state index in [1.54, 1.807) is 12.3 Å². The van der Waals surface area contributed by atoms with Crippen LogP contribution in [0.3, 0.4) is 0 Å². The van der Waals surface area contributed by atoms with Crippen LogP contribution in [0.25, 0.3) is 10.7 Å². The van der Waals surface area contributed by atoms with Crippen LogP contribution in [0.1, 0.15) is 43.4 Å². The molecule has 1 saturated carbocycles. The summed E-state index contributed by atoms with van der Waals surface area (Å²) in [6, 6.07) is 1.73. The van der Waals surface area contributed by atoms with E-state index in [2.05, 4.69) is 15.1 Å². The van der Waals surface area contributed by atoms with Gasteiger partial charge in [0.05, 0.1) is 33.4 Å². The number of ether oxygens (including phenoxy) is 1. The number of hydrogen-bond acceptors (Lipinski definition) is 6. The number of aryl methyl sites for hydroxylation is 1. The highest BCUT2D eigenvalue weighted by Gasteiger charge is 2.18. The van der Waals surface area contributed by atoms with Crippen molar-refractivity contribution >= 4 is 29.2 Å². The van der Waals surface area contributed by atoms with Crippen LogP contribution in [-0.4, -0.2) is 27.5 Å². The summed E-state index contributed by atoms with van der Waals surface area (Å²) in [5, 5.41) is 11.8. The highest BCUT2D eigenvalue weighted by Crippen LogP contribution is 2.34. The van der Waals surface area contributed by atoms with Gasteiger partial charge < -0.3 is 9.94 Å². The molecule has 0 amide bonds. The molecule has 0 aliphatic heterocycles. The largest absolute Gasteiger partial charge is 0.487 e. The van der Waals surface area contributed by atoms with Crippen molar-refractivity contribution in [3.63, 3.8) is 0 Å². The molecule has 23 heavy (non-hydrogen) atoms. The number of halogens is 1. The van der Waals surface area contributed by atoms with Crippen molar-refractivity contribution in [1.82, 2.24) is 9.97 Å². The van der Waals surface area contributed by atoms with Gasteiger partial charge in [-0.15, -0.1) is 11.3 Å². The van der Waals surface area contributed by atoms with Crippen molar-refractivity contribution in [2.75, 3.05) is 0 Å². The highest BCUT2D eigenvalue weighted by molar-refractivity contribution is 7.19. The van der Waals surface area contributed by atoms with Gasteiger partial charge in [0, 0.05) is 5.56 Å². The molecular formula is C16H18ClN3O2S. The minimum atomic E-state index is 0.269. The molecule has 0 radical (unpaired) electrons. The van der Waals surface area contributed by atoms with E-state index >= 15 is 0 Å². The molecule has 1 aliphatic carbocycles. The van der Waals surface area contributed by atoms with Gasteiger partial charge >= 0.3 is 0 Å². The molecule has 2 aromatic heterocycles. The Hall–Kier alpha value is -1.66. The van der Waals surface area contributed by atoms with Crippen LogP contribution < -0.4 is 4.74 Å². The van der Waals surface area contributed by atoms with Gasteiger partial charge in [-0.2, -0.15) is 0 Å². The van der Waals surface area contributed by atoms with Crippen LogP contribution in [0.15, 0.2) is 17.4 Å². The van der Waals surface area contributed by atoms with Crippen LogP contribution in [0.4, 0.5) is 0 Å². The van der Waals surface area contributed by atoms with Crippen LogP contribution in [0, 0.1) is 6.92 Å². The number of aromatic nitrogens is 2. The normalized spacial score (nSPS) is 16.1. The van der Waals surface area contributed by atoms with Crippen LogP contribution >= 0.6 is 22.9 Å². The lowest BCUT2D eigenvalue weighted by Gasteiger charge is -2.23. The Morgan fingerprint density at radius 2 is 2.17 bits per heavy atom. The molecule has 0 aromatic carbocycles. The smallest absolute Gasteiger partial charge is 0.170 e. The molecule has 2 aromatic rings. The van der Waals surface area contributed by atoms with E-state index in [0.29, 0.717) is 15.7 Å². The predicted octanol–water partition coefficient (Wildman–Crippen LogP) is 4.69. The SMILES string of the molecule is Cc1nc(-c2sc(Cl)cc2/C=N/O)ncc1OC1CCCCC1. The Morgan fingerprint density at radius 1 is 1.39 bits per heavy atom. The highest BCUT2D eigenvalue weighted by atomic mass is 35.5. The van der Waals surface area contributed by atoms with Gasteiger partial charge in [0.15, 0.2) is 11.6 Å². The first-order valence-corrected chi connectivity index (χ1v) is 8.84. The fourth-order valence-corrected chi connectivity index (χ4v) is 3.90. The van der Waals surface area contributed by atoms with Crippen molar-refractivity contribution in [3.8, 4) is 16.5 Å². The summed E-state index contributed by atoms with van der Waals surface area (Å²) in [7, 11) is 0. The Morgan fingerprint density at radius 3 is 2.87 bits per heavy atom. The second kappa shape index (κ2) is 7.27. The monoisotopic (exact) mass is 351 g/mol. The number of rotatable bonds is 4. The fourth-order valence-electron chi connectivity index (χ4n) is 2.75. The van der Waals surface area contributed by atoms with Gasteiger partial charge in [-0.1, -0.05) is 23.2 Å². The topological polar surface area (TPSA) is 67.6 Å². The molecule has 122 valence electrons. The first-order valence-electron chi connectivity index (χ1n) is 7.65. The number of oxime groups is 1. The molecular weight excluding hydrogens is 334 g/mol. The van der Waals surface area contributed by atoms with Gasteiger partial charge in [0.2, 0.25) is 0 Å².